The molecule has 2 fully saturated rings. The lowest BCUT2D eigenvalue weighted by atomic mass is 9.93. The minimum atomic E-state index is -0.346. The zero-order chi connectivity index (χ0) is 29.5. The van der Waals surface area contributed by atoms with Crippen molar-refractivity contribution in [1.82, 2.24) is 20.4 Å². The number of aryl methyl sites for hydroxylation is 1. The summed E-state index contributed by atoms with van der Waals surface area (Å²) in [5, 5.41) is 6.93. The van der Waals surface area contributed by atoms with Gasteiger partial charge < -0.3 is 20.4 Å². The summed E-state index contributed by atoms with van der Waals surface area (Å²) >= 11 is 0. The number of hydrogen-bond acceptors (Lipinski definition) is 4. The van der Waals surface area contributed by atoms with Gasteiger partial charge in [0.1, 0.15) is 5.82 Å². The van der Waals surface area contributed by atoms with Gasteiger partial charge in [-0.2, -0.15) is 0 Å². The minimum absolute atomic E-state index is 0.184. The van der Waals surface area contributed by atoms with Crippen molar-refractivity contribution in [3.8, 4) is 0 Å². The van der Waals surface area contributed by atoms with Crippen molar-refractivity contribution in [2.75, 3.05) is 39.3 Å². The molecule has 2 aliphatic rings. The molecule has 0 saturated carbocycles. The summed E-state index contributed by atoms with van der Waals surface area (Å²) in [6.07, 6.45) is 1.72. The summed E-state index contributed by atoms with van der Waals surface area (Å²) in [5.74, 6) is 0.233. The lowest BCUT2D eigenvalue weighted by molar-refractivity contribution is -0.141. The molecule has 4 rings (SSSR count). The molecular formula is C33H49FN4O2. The normalized spacial score (nSPS) is 20.0. The Morgan fingerprint density at radius 2 is 1.25 bits per heavy atom. The summed E-state index contributed by atoms with van der Waals surface area (Å²) < 4.78 is 13.2. The Labute approximate surface area is 240 Å². The molecule has 7 heteroatoms. The predicted molar refractivity (Wildman–Crippen MR) is 161 cm³/mol. The highest BCUT2D eigenvalue weighted by molar-refractivity contribution is 5.82. The molecule has 40 heavy (non-hydrogen) atoms. The van der Waals surface area contributed by atoms with Crippen molar-refractivity contribution < 1.29 is 14.0 Å². The Bertz CT molecular complexity index is 1120. The number of carbonyl (C=O) groups is 2. The van der Waals surface area contributed by atoms with Crippen LogP contribution in [0.1, 0.15) is 58.2 Å². The van der Waals surface area contributed by atoms with Crippen molar-refractivity contribution in [3.05, 3.63) is 71.0 Å². The first-order valence-electron chi connectivity index (χ1n) is 14.6. The van der Waals surface area contributed by atoms with E-state index in [0.29, 0.717) is 12.6 Å². The number of hydrogen-bond donors (Lipinski definition) is 2. The van der Waals surface area contributed by atoms with E-state index in [4.69, 9.17) is 0 Å². The van der Waals surface area contributed by atoms with E-state index in [1.54, 1.807) is 12.1 Å². The van der Waals surface area contributed by atoms with Crippen LogP contribution in [0.25, 0.3) is 0 Å². The minimum Gasteiger partial charge on any atom is -0.339 e. The lowest BCUT2D eigenvalue weighted by Crippen LogP contribution is -2.55. The summed E-state index contributed by atoms with van der Waals surface area (Å²) in [7, 11) is 0. The van der Waals surface area contributed by atoms with Gasteiger partial charge in [-0.3, -0.25) is 9.59 Å². The van der Waals surface area contributed by atoms with Gasteiger partial charge in [-0.05, 0) is 43.0 Å². The number of nitrogens with zero attached hydrogens (tertiary/aromatic N) is 2. The fourth-order valence-electron chi connectivity index (χ4n) is 5.20. The van der Waals surface area contributed by atoms with Crippen LogP contribution in [0.15, 0.2) is 48.5 Å². The molecule has 0 aromatic heterocycles. The molecule has 2 unspecified atom stereocenters. The van der Waals surface area contributed by atoms with Crippen molar-refractivity contribution in [2.45, 2.75) is 73.4 Å². The van der Waals surface area contributed by atoms with Crippen molar-refractivity contribution in [3.63, 3.8) is 0 Å². The molecule has 6 nitrogen and oxygen atoms in total. The summed E-state index contributed by atoms with van der Waals surface area (Å²) in [4.78, 5) is 28.6. The van der Waals surface area contributed by atoms with E-state index in [0.717, 1.165) is 51.1 Å². The summed E-state index contributed by atoms with van der Waals surface area (Å²) in [6, 6.07) is 15.9. The van der Waals surface area contributed by atoms with Crippen LogP contribution in [0.4, 0.5) is 4.39 Å². The predicted octanol–water partition coefficient (Wildman–Crippen LogP) is 4.60. The zero-order valence-electron chi connectivity index (χ0n) is 25.5. The van der Waals surface area contributed by atoms with E-state index in [1.807, 2.05) is 57.4 Å². The molecule has 2 heterocycles. The van der Waals surface area contributed by atoms with E-state index >= 15 is 0 Å². The van der Waals surface area contributed by atoms with E-state index in [2.05, 4.69) is 41.8 Å². The third-order valence-electron chi connectivity index (χ3n) is 7.34. The highest BCUT2D eigenvalue weighted by Crippen LogP contribution is 2.20. The monoisotopic (exact) mass is 552 g/mol. The second-order valence-corrected chi connectivity index (χ2v) is 13.3. The van der Waals surface area contributed by atoms with E-state index < -0.39 is 0 Å². The molecule has 0 radical (unpaired) electrons. The van der Waals surface area contributed by atoms with Gasteiger partial charge in [0, 0.05) is 62.2 Å². The Balaban J connectivity index is 0.000000220. The van der Waals surface area contributed by atoms with Gasteiger partial charge in [0.05, 0.1) is 0 Å². The van der Waals surface area contributed by atoms with E-state index in [1.165, 1.54) is 17.2 Å². The highest BCUT2D eigenvalue weighted by atomic mass is 19.1. The Morgan fingerprint density at radius 3 is 1.70 bits per heavy atom. The molecule has 2 aromatic carbocycles. The SMILES string of the molecule is CC(C)(C)C(=O)N1CCNC(Cc2cccc(F)c2)C1.Cc1ccc(CC2CN(C(=O)C(C)(C)C)CCN2)cc1. The highest BCUT2D eigenvalue weighted by Gasteiger charge is 2.32. The van der Waals surface area contributed by atoms with Gasteiger partial charge in [0.2, 0.25) is 11.8 Å². The maximum Gasteiger partial charge on any atom is 0.228 e. The number of amides is 2. The van der Waals surface area contributed by atoms with Crippen LogP contribution in [0, 0.1) is 23.6 Å². The van der Waals surface area contributed by atoms with Crippen LogP contribution in [0.2, 0.25) is 0 Å². The Kier molecular flexibility index (Phi) is 10.9. The molecule has 2 aliphatic heterocycles. The first kappa shape index (κ1) is 31.8. The largest absolute Gasteiger partial charge is 0.339 e. The number of halogens is 1. The van der Waals surface area contributed by atoms with Crippen LogP contribution < -0.4 is 10.6 Å². The number of benzene rings is 2. The number of rotatable bonds is 4. The van der Waals surface area contributed by atoms with Gasteiger partial charge in [-0.1, -0.05) is 83.5 Å². The van der Waals surface area contributed by atoms with Gasteiger partial charge in [-0.25, -0.2) is 4.39 Å². The van der Waals surface area contributed by atoms with Crippen LogP contribution in [0.3, 0.4) is 0 Å². The third kappa shape index (κ3) is 9.70. The second kappa shape index (κ2) is 13.7. The van der Waals surface area contributed by atoms with Crippen molar-refractivity contribution >= 4 is 11.8 Å². The number of carbonyl (C=O) groups excluding carboxylic acids is 2. The molecular weight excluding hydrogens is 503 g/mol. The molecule has 2 atom stereocenters. The van der Waals surface area contributed by atoms with E-state index in [-0.39, 0.29) is 34.5 Å². The molecule has 2 amide bonds. The molecule has 220 valence electrons. The van der Waals surface area contributed by atoms with Crippen LogP contribution in [-0.4, -0.2) is 73.0 Å². The average Bonchev–Trinajstić information content (AvgIpc) is 2.89. The average molecular weight is 553 g/mol. The summed E-state index contributed by atoms with van der Waals surface area (Å²) in [6.45, 7) is 18.7. The standard InChI is InChI=1S/C17H26N2O.C16H23FN2O/c1-13-5-7-14(8-6-13)11-15-12-19(10-9-18-15)16(20)17(2,3)4;1-16(2,3)15(20)19-8-7-18-14(11-19)10-12-5-4-6-13(17)9-12/h5-8,15,18H,9-12H2,1-4H3;4-6,9,14,18H,7-8,10-11H2,1-3H3. The first-order chi connectivity index (χ1) is 18.7. The van der Waals surface area contributed by atoms with Gasteiger partial charge in [-0.15, -0.1) is 0 Å². The van der Waals surface area contributed by atoms with Gasteiger partial charge >= 0.3 is 0 Å². The van der Waals surface area contributed by atoms with Gasteiger partial charge in [0.15, 0.2) is 0 Å². The molecule has 0 bridgehead atoms. The lowest BCUT2D eigenvalue weighted by Gasteiger charge is -2.37. The molecule has 2 saturated heterocycles. The zero-order valence-corrected chi connectivity index (χ0v) is 25.5. The fourth-order valence-corrected chi connectivity index (χ4v) is 5.20. The number of piperazine rings is 2. The summed E-state index contributed by atoms with van der Waals surface area (Å²) in [5.41, 5.74) is 2.95. The molecule has 2 aromatic rings. The second-order valence-electron chi connectivity index (χ2n) is 13.3. The quantitative estimate of drug-likeness (QED) is 0.582. The maximum absolute atomic E-state index is 13.2. The van der Waals surface area contributed by atoms with Crippen molar-refractivity contribution in [2.24, 2.45) is 10.8 Å². The maximum atomic E-state index is 13.2. The van der Waals surface area contributed by atoms with Gasteiger partial charge in [0.25, 0.3) is 0 Å². The first-order valence-corrected chi connectivity index (χ1v) is 14.6. The van der Waals surface area contributed by atoms with Crippen molar-refractivity contribution in [1.29, 1.82) is 0 Å². The Morgan fingerprint density at radius 1 is 0.775 bits per heavy atom. The van der Waals surface area contributed by atoms with Crippen LogP contribution in [0.5, 0.6) is 0 Å². The smallest absolute Gasteiger partial charge is 0.228 e. The Hall–Kier alpha value is -2.77. The number of nitrogens with one attached hydrogen (secondary N) is 2. The topological polar surface area (TPSA) is 64.7 Å². The third-order valence-corrected chi connectivity index (χ3v) is 7.34. The molecule has 2 N–H and O–H groups in total. The van der Waals surface area contributed by atoms with E-state index in [9.17, 15) is 14.0 Å². The van der Waals surface area contributed by atoms with Crippen LogP contribution >= 0.6 is 0 Å². The molecule has 0 aliphatic carbocycles. The molecule has 0 spiro atoms. The van der Waals surface area contributed by atoms with Crippen LogP contribution in [-0.2, 0) is 22.4 Å². The fraction of sp³-hybridized carbons (Fsp3) is 0.576.